The predicted molar refractivity (Wildman–Crippen MR) is 55.4 cm³/mol. The third kappa shape index (κ3) is 1.54. The Morgan fingerprint density at radius 1 is 1.21 bits per heavy atom. The molecule has 2 N–H and O–H groups in total. The standard InChI is InChI=1S/C11H13ClO2/c12-9-3-1-8(2-4-9)10-5-11(10,6-13)7-14/h1-4,10,13-14H,5-7H2/t10-/m0/s1. The van der Waals surface area contributed by atoms with E-state index >= 15 is 0 Å². The molecule has 0 aromatic heterocycles. The highest BCUT2D eigenvalue weighted by molar-refractivity contribution is 6.30. The Balaban J connectivity index is 2.16. The molecule has 1 aromatic carbocycles. The summed E-state index contributed by atoms with van der Waals surface area (Å²) in [6.45, 7) is 0.105. The number of rotatable bonds is 3. The SMILES string of the molecule is OCC1(CO)C[C@H]1c1ccc(Cl)cc1. The van der Waals surface area contributed by atoms with Crippen molar-refractivity contribution >= 4 is 11.6 Å². The second-order valence-corrected chi connectivity index (χ2v) is 4.42. The molecule has 14 heavy (non-hydrogen) atoms. The quantitative estimate of drug-likeness (QED) is 0.802. The highest BCUT2D eigenvalue weighted by atomic mass is 35.5. The van der Waals surface area contributed by atoms with Crippen LogP contribution < -0.4 is 0 Å². The molecule has 2 nitrogen and oxygen atoms in total. The molecule has 1 aliphatic carbocycles. The Morgan fingerprint density at radius 3 is 2.21 bits per heavy atom. The lowest BCUT2D eigenvalue weighted by molar-refractivity contribution is 0.129. The molecule has 1 aromatic rings. The van der Waals surface area contributed by atoms with Crippen LogP contribution in [0.4, 0.5) is 0 Å². The van der Waals surface area contributed by atoms with E-state index in [1.165, 1.54) is 0 Å². The summed E-state index contributed by atoms with van der Waals surface area (Å²) < 4.78 is 0. The van der Waals surface area contributed by atoms with Crippen molar-refractivity contribution in [2.45, 2.75) is 12.3 Å². The molecule has 0 unspecified atom stereocenters. The van der Waals surface area contributed by atoms with Crippen molar-refractivity contribution in [3.05, 3.63) is 34.9 Å². The van der Waals surface area contributed by atoms with Crippen molar-refractivity contribution < 1.29 is 10.2 Å². The molecule has 1 fully saturated rings. The van der Waals surface area contributed by atoms with Gasteiger partial charge in [0.1, 0.15) is 0 Å². The number of hydrogen-bond acceptors (Lipinski definition) is 2. The van der Waals surface area contributed by atoms with Crippen LogP contribution >= 0.6 is 11.6 Å². The van der Waals surface area contributed by atoms with Gasteiger partial charge in [-0.05, 0) is 30.0 Å². The molecule has 1 atom stereocenters. The van der Waals surface area contributed by atoms with Crippen molar-refractivity contribution in [3.63, 3.8) is 0 Å². The average molecular weight is 213 g/mol. The van der Waals surface area contributed by atoms with E-state index in [1.807, 2.05) is 24.3 Å². The first-order chi connectivity index (χ1) is 6.72. The maximum absolute atomic E-state index is 9.16. The lowest BCUT2D eigenvalue weighted by Gasteiger charge is -2.10. The van der Waals surface area contributed by atoms with Crippen LogP contribution in [0.15, 0.2) is 24.3 Å². The summed E-state index contributed by atoms with van der Waals surface area (Å²) in [4.78, 5) is 0. The largest absolute Gasteiger partial charge is 0.396 e. The second kappa shape index (κ2) is 3.54. The normalized spacial score (nSPS) is 23.5. The maximum atomic E-state index is 9.16. The molecule has 1 saturated carbocycles. The van der Waals surface area contributed by atoms with Gasteiger partial charge in [-0.25, -0.2) is 0 Å². The van der Waals surface area contributed by atoms with Crippen LogP contribution in [0.1, 0.15) is 17.9 Å². The van der Waals surface area contributed by atoms with E-state index in [1.54, 1.807) is 0 Å². The zero-order chi connectivity index (χ0) is 10.2. The van der Waals surface area contributed by atoms with Gasteiger partial charge in [-0.2, -0.15) is 0 Å². The average Bonchev–Trinajstić information content (AvgIpc) is 2.94. The van der Waals surface area contributed by atoms with E-state index in [-0.39, 0.29) is 24.5 Å². The van der Waals surface area contributed by atoms with Crippen LogP contribution in [0, 0.1) is 5.41 Å². The maximum Gasteiger partial charge on any atom is 0.0515 e. The van der Waals surface area contributed by atoms with Gasteiger partial charge in [-0.3, -0.25) is 0 Å². The minimum Gasteiger partial charge on any atom is -0.396 e. The van der Waals surface area contributed by atoms with Gasteiger partial charge in [0.25, 0.3) is 0 Å². The van der Waals surface area contributed by atoms with Crippen LogP contribution in [0.25, 0.3) is 0 Å². The lowest BCUT2D eigenvalue weighted by atomic mass is 10.0. The molecule has 3 heteroatoms. The molecule has 0 aliphatic heterocycles. The van der Waals surface area contributed by atoms with E-state index in [4.69, 9.17) is 21.8 Å². The summed E-state index contributed by atoms with van der Waals surface area (Å²) in [5.41, 5.74) is 0.867. The van der Waals surface area contributed by atoms with E-state index < -0.39 is 0 Å². The van der Waals surface area contributed by atoms with Gasteiger partial charge in [-0.15, -0.1) is 0 Å². The van der Waals surface area contributed by atoms with Gasteiger partial charge in [-0.1, -0.05) is 23.7 Å². The molecule has 0 heterocycles. The molecule has 0 spiro atoms. The summed E-state index contributed by atoms with van der Waals surface area (Å²) in [7, 11) is 0. The lowest BCUT2D eigenvalue weighted by Crippen LogP contribution is -2.14. The summed E-state index contributed by atoms with van der Waals surface area (Å²) in [5.74, 6) is 0.287. The third-order valence-electron chi connectivity index (χ3n) is 3.09. The molecule has 76 valence electrons. The molecular formula is C11H13ClO2. The molecular weight excluding hydrogens is 200 g/mol. The number of benzene rings is 1. The minimum absolute atomic E-state index is 0.0524. The van der Waals surface area contributed by atoms with E-state index in [0.717, 1.165) is 12.0 Å². The van der Waals surface area contributed by atoms with Crippen LogP contribution in [-0.4, -0.2) is 23.4 Å². The number of hydrogen-bond donors (Lipinski definition) is 2. The summed E-state index contributed by atoms with van der Waals surface area (Å²) >= 11 is 5.78. The first kappa shape index (κ1) is 9.97. The molecule has 1 aliphatic rings. The van der Waals surface area contributed by atoms with Gasteiger partial charge >= 0.3 is 0 Å². The fraction of sp³-hybridized carbons (Fsp3) is 0.455. The van der Waals surface area contributed by atoms with Crippen molar-refractivity contribution in [2.24, 2.45) is 5.41 Å². The molecule has 0 bridgehead atoms. The van der Waals surface area contributed by atoms with E-state index in [0.29, 0.717) is 5.02 Å². The Morgan fingerprint density at radius 2 is 1.79 bits per heavy atom. The number of aliphatic hydroxyl groups excluding tert-OH is 2. The predicted octanol–water partition coefficient (Wildman–Crippen LogP) is 1.80. The first-order valence-corrected chi connectivity index (χ1v) is 5.07. The van der Waals surface area contributed by atoms with Crippen LogP contribution in [0.3, 0.4) is 0 Å². The molecule has 0 radical (unpaired) electrons. The summed E-state index contributed by atoms with van der Waals surface area (Å²) in [6, 6.07) is 7.60. The Bertz CT molecular complexity index is 317. The molecule has 2 rings (SSSR count). The van der Waals surface area contributed by atoms with Crippen molar-refractivity contribution in [2.75, 3.05) is 13.2 Å². The van der Waals surface area contributed by atoms with Gasteiger partial charge in [0.2, 0.25) is 0 Å². The topological polar surface area (TPSA) is 40.5 Å². The highest BCUT2D eigenvalue weighted by Crippen LogP contribution is 2.58. The summed E-state index contributed by atoms with van der Waals surface area (Å²) in [6.07, 6.45) is 0.863. The van der Waals surface area contributed by atoms with Crippen LogP contribution in [0.2, 0.25) is 5.02 Å². The third-order valence-corrected chi connectivity index (χ3v) is 3.34. The number of aliphatic hydroxyl groups is 2. The van der Waals surface area contributed by atoms with Crippen molar-refractivity contribution in [3.8, 4) is 0 Å². The van der Waals surface area contributed by atoms with Crippen LogP contribution in [0.5, 0.6) is 0 Å². The van der Waals surface area contributed by atoms with Crippen LogP contribution in [-0.2, 0) is 0 Å². The highest BCUT2D eigenvalue weighted by Gasteiger charge is 2.53. The Kier molecular flexibility index (Phi) is 2.52. The van der Waals surface area contributed by atoms with Crippen molar-refractivity contribution in [1.29, 1.82) is 0 Å². The molecule has 0 saturated heterocycles. The Hall–Kier alpha value is -0.570. The Labute approximate surface area is 88.1 Å². The van der Waals surface area contributed by atoms with Gasteiger partial charge in [0, 0.05) is 10.4 Å². The second-order valence-electron chi connectivity index (χ2n) is 3.99. The van der Waals surface area contributed by atoms with Gasteiger partial charge < -0.3 is 10.2 Å². The minimum atomic E-state index is -0.284. The van der Waals surface area contributed by atoms with E-state index in [9.17, 15) is 0 Å². The van der Waals surface area contributed by atoms with Gasteiger partial charge in [0.15, 0.2) is 0 Å². The zero-order valence-corrected chi connectivity index (χ0v) is 8.54. The van der Waals surface area contributed by atoms with Gasteiger partial charge in [0.05, 0.1) is 13.2 Å². The van der Waals surface area contributed by atoms with E-state index in [2.05, 4.69) is 0 Å². The monoisotopic (exact) mass is 212 g/mol. The summed E-state index contributed by atoms with van der Waals surface area (Å²) in [5, 5.41) is 19.0. The molecule has 0 amide bonds. The van der Waals surface area contributed by atoms with Crippen molar-refractivity contribution in [1.82, 2.24) is 0 Å². The first-order valence-electron chi connectivity index (χ1n) is 4.69. The smallest absolute Gasteiger partial charge is 0.0515 e. The number of halogens is 1. The zero-order valence-electron chi connectivity index (χ0n) is 7.78. The fourth-order valence-corrected chi connectivity index (χ4v) is 2.04. The fourth-order valence-electron chi connectivity index (χ4n) is 1.91.